The number of hydrogen-bond donors (Lipinski definition) is 0. The second kappa shape index (κ2) is 4.53. The van der Waals surface area contributed by atoms with Gasteiger partial charge in [-0.2, -0.15) is 0 Å². The summed E-state index contributed by atoms with van der Waals surface area (Å²) in [7, 11) is 0. The van der Waals surface area contributed by atoms with Gasteiger partial charge in [-0.3, -0.25) is 4.79 Å². The van der Waals surface area contributed by atoms with Gasteiger partial charge in [0, 0.05) is 19.5 Å². The van der Waals surface area contributed by atoms with E-state index in [1.807, 2.05) is 0 Å². The Kier molecular flexibility index (Phi) is 3.10. The van der Waals surface area contributed by atoms with Gasteiger partial charge in [0.15, 0.2) is 5.78 Å². The van der Waals surface area contributed by atoms with Crippen LogP contribution >= 0.6 is 11.3 Å². The van der Waals surface area contributed by atoms with Gasteiger partial charge in [-0.25, -0.2) is 9.37 Å². The lowest BCUT2D eigenvalue weighted by Gasteiger charge is -1.98. The molecule has 16 heavy (non-hydrogen) atoms. The third kappa shape index (κ3) is 2.33. The zero-order valence-electron chi connectivity index (χ0n) is 8.74. The molecule has 0 fully saturated rings. The van der Waals surface area contributed by atoms with Crippen molar-refractivity contribution in [3.05, 3.63) is 51.7 Å². The smallest absolute Gasteiger partial charge is 0.171 e. The van der Waals surface area contributed by atoms with E-state index in [-0.39, 0.29) is 11.6 Å². The average molecular weight is 235 g/mol. The molecule has 0 saturated carbocycles. The second-order valence-electron chi connectivity index (χ2n) is 3.44. The van der Waals surface area contributed by atoms with Crippen molar-refractivity contribution in [2.24, 2.45) is 0 Å². The van der Waals surface area contributed by atoms with Crippen LogP contribution in [0.5, 0.6) is 0 Å². The Morgan fingerprint density at radius 1 is 1.44 bits per heavy atom. The molecule has 2 rings (SSSR count). The molecule has 0 amide bonds. The van der Waals surface area contributed by atoms with Crippen LogP contribution in [0.2, 0.25) is 0 Å². The summed E-state index contributed by atoms with van der Waals surface area (Å²) >= 11 is 1.32. The van der Waals surface area contributed by atoms with Crippen molar-refractivity contribution < 1.29 is 9.18 Å². The normalized spacial score (nSPS) is 10.4. The SMILES string of the molecule is CC(=O)c1cnc(Cc2ccccc2F)s1. The highest BCUT2D eigenvalue weighted by atomic mass is 32.1. The first-order valence-corrected chi connectivity index (χ1v) is 5.67. The summed E-state index contributed by atoms with van der Waals surface area (Å²) in [6.45, 7) is 1.50. The van der Waals surface area contributed by atoms with Gasteiger partial charge in [0.1, 0.15) is 5.82 Å². The van der Waals surface area contributed by atoms with Crippen LogP contribution < -0.4 is 0 Å². The molecule has 1 aromatic heterocycles. The van der Waals surface area contributed by atoms with Gasteiger partial charge < -0.3 is 0 Å². The molecule has 1 aromatic carbocycles. The van der Waals surface area contributed by atoms with E-state index >= 15 is 0 Å². The summed E-state index contributed by atoms with van der Waals surface area (Å²) in [5, 5.41) is 0.760. The number of carbonyl (C=O) groups is 1. The number of benzene rings is 1. The topological polar surface area (TPSA) is 30.0 Å². The molecular formula is C12H10FNOS. The maximum atomic E-state index is 13.4. The zero-order chi connectivity index (χ0) is 11.5. The number of ketones is 1. The molecular weight excluding hydrogens is 225 g/mol. The number of thiazole rings is 1. The summed E-state index contributed by atoms with van der Waals surface area (Å²) in [5.74, 6) is -0.237. The third-order valence-electron chi connectivity index (χ3n) is 2.20. The first kappa shape index (κ1) is 11.0. The fourth-order valence-electron chi connectivity index (χ4n) is 1.36. The largest absolute Gasteiger partial charge is 0.294 e. The Morgan fingerprint density at radius 3 is 2.81 bits per heavy atom. The molecule has 0 radical (unpaired) electrons. The van der Waals surface area contributed by atoms with Crippen LogP contribution in [0.4, 0.5) is 4.39 Å². The Balaban J connectivity index is 2.21. The van der Waals surface area contributed by atoms with E-state index in [0.717, 1.165) is 5.01 Å². The minimum Gasteiger partial charge on any atom is -0.294 e. The highest BCUT2D eigenvalue weighted by molar-refractivity contribution is 7.13. The van der Waals surface area contributed by atoms with Crippen molar-refractivity contribution in [3.63, 3.8) is 0 Å². The fourth-order valence-corrected chi connectivity index (χ4v) is 2.20. The minimum absolute atomic E-state index is 0.00252. The summed E-state index contributed by atoms with van der Waals surface area (Å²) < 4.78 is 13.4. The van der Waals surface area contributed by atoms with Crippen molar-refractivity contribution in [1.29, 1.82) is 0 Å². The zero-order valence-corrected chi connectivity index (χ0v) is 9.55. The molecule has 1 heterocycles. The maximum Gasteiger partial charge on any atom is 0.171 e. The molecule has 2 aromatic rings. The van der Waals surface area contributed by atoms with Gasteiger partial charge >= 0.3 is 0 Å². The molecule has 0 bridgehead atoms. The van der Waals surface area contributed by atoms with Crippen LogP contribution in [0.15, 0.2) is 30.5 Å². The van der Waals surface area contributed by atoms with E-state index in [9.17, 15) is 9.18 Å². The summed E-state index contributed by atoms with van der Waals surface area (Å²) in [5.41, 5.74) is 0.604. The number of rotatable bonds is 3. The van der Waals surface area contributed by atoms with Crippen LogP contribution in [0.3, 0.4) is 0 Å². The van der Waals surface area contributed by atoms with E-state index < -0.39 is 0 Å². The van der Waals surface area contributed by atoms with Crippen molar-refractivity contribution >= 4 is 17.1 Å². The monoisotopic (exact) mass is 235 g/mol. The molecule has 82 valence electrons. The Hall–Kier alpha value is -1.55. The Morgan fingerprint density at radius 2 is 2.19 bits per heavy atom. The number of aromatic nitrogens is 1. The third-order valence-corrected chi connectivity index (χ3v) is 3.30. The molecule has 0 aliphatic heterocycles. The van der Waals surface area contributed by atoms with Gasteiger partial charge in [0.25, 0.3) is 0 Å². The van der Waals surface area contributed by atoms with Crippen molar-refractivity contribution in [1.82, 2.24) is 4.98 Å². The first-order valence-electron chi connectivity index (χ1n) is 4.86. The molecule has 0 unspecified atom stereocenters. The average Bonchev–Trinajstić information content (AvgIpc) is 2.70. The number of Topliss-reactive ketones (excluding diaryl/α,β-unsaturated/α-hetero) is 1. The van der Waals surface area contributed by atoms with E-state index in [1.165, 1.54) is 24.3 Å². The van der Waals surface area contributed by atoms with Crippen LogP contribution in [0.25, 0.3) is 0 Å². The number of hydrogen-bond acceptors (Lipinski definition) is 3. The maximum absolute atomic E-state index is 13.4. The van der Waals surface area contributed by atoms with Crippen molar-refractivity contribution in [3.8, 4) is 0 Å². The predicted molar refractivity (Wildman–Crippen MR) is 61.3 cm³/mol. The highest BCUT2D eigenvalue weighted by Gasteiger charge is 2.08. The molecule has 0 N–H and O–H groups in total. The fraction of sp³-hybridized carbons (Fsp3) is 0.167. The van der Waals surface area contributed by atoms with E-state index in [2.05, 4.69) is 4.98 Å². The summed E-state index contributed by atoms with van der Waals surface area (Å²) in [6, 6.07) is 6.60. The van der Waals surface area contributed by atoms with Gasteiger partial charge in [0.2, 0.25) is 0 Å². The number of carbonyl (C=O) groups excluding carboxylic acids is 1. The quantitative estimate of drug-likeness (QED) is 0.765. The lowest BCUT2D eigenvalue weighted by Crippen LogP contribution is -1.90. The van der Waals surface area contributed by atoms with Crippen LogP contribution in [-0.2, 0) is 6.42 Å². The summed E-state index contributed by atoms with van der Waals surface area (Å²) in [6.07, 6.45) is 1.98. The van der Waals surface area contributed by atoms with Crippen molar-refractivity contribution in [2.75, 3.05) is 0 Å². The van der Waals surface area contributed by atoms with E-state index in [4.69, 9.17) is 0 Å². The van der Waals surface area contributed by atoms with Crippen LogP contribution in [-0.4, -0.2) is 10.8 Å². The van der Waals surface area contributed by atoms with Crippen LogP contribution in [0.1, 0.15) is 27.2 Å². The predicted octanol–water partition coefficient (Wildman–Crippen LogP) is 3.08. The second-order valence-corrected chi connectivity index (χ2v) is 4.56. The lowest BCUT2D eigenvalue weighted by molar-refractivity contribution is 0.102. The van der Waals surface area contributed by atoms with E-state index in [0.29, 0.717) is 16.9 Å². The molecule has 0 aliphatic rings. The number of halogens is 1. The first-order chi connectivity index (χ1) is 7.66. The van der Waals surface area contributed by atoms with Crippen molar-refractivity contribution in [2.45, 2.75) is 13.3 Å². The number of nitrogens with zero attached hydrogens (tertiary/aromatic N) is 1. The molecule has 0 saturated heterocycles. The van der Waals surface area contributed by atoms with E-state index in [1.54, 1.807) is 24.4 Å². The summed E-state index contributed by atoms with van der Waals surface area (Å²) in [4.78, 5) is 15.8. The molecule has 0 spiro atoms. The Bertz CT molecular complexity index is 521. The van der Waals surface area contributed by atoms with Gasteiger partial charge in [-0.1, -0.05) is 18.2 Å². The van der Waals surface area contributed by atoms with Crippen LogP contribution in [0, 0.1) is 5.82 Å². The lowest BCUT2D eigenvalue weighted by atomic mass is 10.1. The minimum atomic E-state index is -0.234. The molecule has 4 heteroatoms. The molecule has 0 atom stereocenters. The standard InChI is InChI=1S/C12H10FNOS/c1-8(15)11-7-14-12(16-11)6-9-4-2-3-5-10(9)13/h2-5,7H,6H2,1H3. The Labute approximate surface area is 96.8 Å². The van der Waals surface area contributed by atoms with Gasteiger partial charge in [0.05, 0.1) is 9.88 Å². The van der Waals surface area contributed by atoms with Gasteiger partial charge in [-0.15, -0.1) is 11.3 Å². The highest BCUT2D eigenvalue weighted by Crippen LogP contribution is 2.18. The van der Waals surface area contributed by atoms with Gasteiger partial charge in [-0.05, 0) is 11.6 Å². The molecule has 2 nitrogen and oxygen atoms in total. The molecule has 0 aliphatic carbocycles.